The molecule has 0 bridgehead atoms. The number of phosphoric acid groups is 2. The molecule has 0 unspecified atom stereocenters. The molecule has 0 saturated heterocycles. The molecule has 0 aromatic heterocycles. The molecule has 0 aromatic carbocycles. The molecule has 0 radical (unpaired) electrons. The van der Waals surface area contributed by atoms with Crippen molar-refractivity contribution >= 4 is 15.6 Å². The fourth-order valence-electron chi connectivity index (χ4n) is 0.139. The molecule has 0 aromatic rings. The summed E-state index contributed by atoms with van der Waals surface area (Å²) >= 11 is 0. The smallest absolute Gasteiger partial charge is 0.428 e. The molecule has 0 fully saturated rings. The summed E-state index contributed by atoms with van der Waals surface area (Å²) in [5.74, 6) is 0. The van der Waals surface area contributed by atoms with Crippen molar-refractivity contribution in [2.75, 3.05) is 6.61 Å². The molecule has 0 amide bonds. The van der Waals surface area contributed by atoms with E-state index in [0.717, 1.165) is 0 Å². The summed E-state index contributed by atoms with van der Waals surface area (Å²) in [5, 5.41) is 7.46. The zero-order valence-corrected chi connectivity index (χ0v) is 10.6. The van der Waals surface area contributed by atoms with Crippen molar-refractivity contribution in [2.24, 2.45) is 0 Å². The van der Waals surface area contributed by atoms with E-state index < -0.39 is 15.6 Å². The van der Waals surface area contributed by atoms with Crippen molar-refractivity contribution in [3.63, 3.8) is 0 Å². The van der Waals surface area contributed by atoms with Crippen LogP contribution in [0.15, 0.2) is 0 Å². The predicted octanol–water partition coefficient (Wildman–Crippen LogP) is -3.99. The van der Waals surface area contributed by atoms with Gasteiger partial charge in [-0.3, -0.25) is 0 Å². The maximum atomic E-state index is 9.63. The third-order valence-corrected chi connectivity index (χ3v) is 1.91. The van der Waals surface area contributed by atoms with Gasteiger partial charge in [-0.15, -0.1) is 0 Å². The van der Waals surface area contributed by atoms with Crippen LogP contribution in [-0.4, -0.2) is 31.3 Å². The van der Waals surface area contributed by atoms with Crippen molar-refractivity contribution in [3.8, 4) is 0 Å². The molecule has 0 aliphatic heterocycles. The molecule has 0 rings (SSSR count). The maximum absolute atomic E-state index is 9.63. The number of rotatable bonds is 2. The van der Waals surface area contributed by atoms with Gasteiger partial charge in [0.25, 0.3) is 0 Å². The second-order valence-corrected chi connectivity index (χ2v) is 3.90. The first-order valence-electron chi connectivity index (χ1n) is 2.35. The Morgan fingerprint density at radius 2 is 1.23 bits per heavy atom. The number of aliphatic hydroxyl groups is 1. The Balaban J connectivity index is -0.000000220. The van der Waals surface area contributed by atoms with Crippen LogP contribution in [0.1, 0.15) is 0 Å². The van der Waals surface area contributed by atoms with Crippen LogP contribution >= 0.6 is 15.6 Å². The molecule has 5 N–H and O–H groups in total. The quantitative estimate of drug-likeness (QED) is 0.188. The Kier molecular flexibility index (Phi) is 12.9. The minimum atomic E-state index is -5.05. The third-order valence-electron chi connectivity index (χ3n) is 0.213. The average Bonchev–Trinajstić information content (AvgIpc) is 1.53. The van der Waals surface area contributed by atoms with Crippen LogP contribution in [-0.2, 0) is 13.4 Å². The van der Waals surface area contributed by atoms with Crippen LogP contribution in [0.5, 0.6) is 0 Å². The monoisotopic (exact) mass is 246 g/mol. The summed E-state index contributed by atoms with van der Waals surface area (Å²) in [7, 11) is -10.1. The first-order valence-corrected chi connectivity index (χ1v) is 5.41. The van der Waals surface area contributed by atoms with Gasteiger partial charge in [0.05, 0.1) is 0 Å². The molecule has 0 heterocycles. The van der Waals surface area contributed by atoms with E-state index in [9.17, 15) is 9.13 Å². The third kappa shape index (κ3) is 31.9. The molecule has 0 spiro atoms. The van der Waals surface area contributed by atoms with Gasteiger partial charge in [0, 0.05) is 0 Å². The summed E-state index contributed by atoms with van der Waals surface area (Å²) in [6.45, 7) is 3.04. The second-order valence-electron chi connectivity index (χ2n) is 1.29. The van der Waals surface area contributed by atoms with E-state index in [1.807, 2.05) is 0 Å². The summed E-state index contributed by atoms with van der Waals surface area (Å²) < 4.78 is 22.2. The van der Waals surface area contributed by atoms with Gasteiger partial charge in [0.2, 0.25) is 0 Å². The van der Waals surface area contributed by atoms with E-state index in [1.54, 1.807) is 0 Å². The molecule has 8 nitrogen and oxygen atoms in total. The van der Waals surface area contributed by atoms with Crippen molar-refractivity contribution in [2.45, 2.75) is 0 Å². The fraction of sp³-hybridized carbons (Fsp3) is 0.500. The normalized spacial score (nSPS) is 10.9. The summed E-state index contributed by atoms with van der Waals surface area (Å²) in [6, 6.07) is 0. The molecule has 13 heavy (non-hydrogen) atoms. The molecule has 11 heteroatoms. The van der Waals surface area contributed by atoms with Crippen molar-refractivity contribution in [1.82, 2.24) is 0 Å². The topological polar surface area (TPSA) is 145 Å². The van der Waals surface area contributed by atoms with Gasteiger partial charge in [0.1, 0.15) is 0 Å². The predicted molar refractivity (Wildman–Crippen MR) is 37.6 cm³/mol. The van der Waals surface area contributed by atoms with Crippen molar-refractivity contribution in [1.29, 1.82) is 0 Å². The molecule has 0 aliphatic rings. The Bertz CT molecular complexity index is 172. The van der Waals surface area contributed by atoms with E-state index in [2.05, 4.69) is 11.2 Å². The van der Waals surface area contributed by atoms with E-state index >= 15 is 0 Å². The van der Waals surface area contributed by atoms with Gasteiger partial charge in [-0.05, 0) is 0 Å². The van der Waals surface area contributed by atoms with Gasteiger partial charge in [-0.25, -0.2) is 9.13 Å². The van der Waals surface area contributed by atoms with Crippen LogP contribution in [0.3, 0.4) is 0 Å². The first kappa shape index (κ1) is 19.7. The second kappa shape index (κ2) is 8.52. The van der Waals surface area contributed by atoms with Crippen LogP contribution < -0.4 is 29.6 Å². The average molecular weight is 246 g/mol. The van der Waals surface area contributed by atoms with Gasteiger partial charge >= 0.3 is 45.2 Å². The summed E-state index contributed by atoms with van der Waals surface area (Å²) in [4.78, 5) is 31.0. The van der Waals surface area contributed by atoms with Gasteiger partial charge in [0.15, 0.2) is 0 Å². The van der Waals surface area contributed by atoms with E-state index in [0.29, 0.717) is 0 Å². The summed E-state index contributed by atoms with van der Waals surface area (Å²) in [6.07, 6.45) is 0. The zero-order valence-electron chi connectivity index (χ0n) is 6.77. The van der Waals surface area contributed by atoms with Gasteiger partial charge in [-0.2, -0.15) is 4.31 Å². The van der Waals surface area contributed by atoms with Crippen molar-refractivity contribution in [3.05, 3.63) is 6.92 Å². The largest absolute Gasteiger partial charge is 1.00 e. The molecule has 0 atom stereocenters. The minimum Gasteiger partial charge on any atom is -0.428 e. The Hall–Kier alpha value is 1.22. The van der Waals surface area contributed by atoms with E-state index in [1.165, 1.54) is 0 Å². The molecular formula is C2H9NaO8P2. The molecule has 76 valence electrons. The first-order chi connectivity index (χ1) is 5.12. The molecule has 0 saturated carbocycles. The number of aliphatic hydroxyl groups excluding tert-OH is 1. The van der Waals surface area contributed by atoms with Crippen LogP contribution in [0.25, 0.3) is 0 Å². The summed E-state index contributed by atoms with van der Waals surface area (Å²) in [5.41, 5.74) is 0. The Labute approximate surface area is 96.7 Å². The molecular weight excluding hydrogens is 237 g/mol. The zero-order chi connectivity index (χ0) is 10.4. The van der Waals surface area contributed by atoms with Crippen LogP contribution in [0.2, 0.25) is 0 Å². The van der Waals surface area contributed by atoms with E-state index in [4.69, 9.17) is 24.7 Å². The van der Waals surface area contributed by atoms with Crippen LogP contribution in [0.4, 0.5) is 0 Å². The van der Waals surface area contributed by atoms with Gasteiger partial charge < -0.3 is 31.6 Å². The van der Waals surface area contributed by atoms with Crippen molar-refractivity contribution < 1.29 is 67.7 Å². The van der Waals surface area contributed by atoms with E-state index in [-0.39, 0.29) is 36.2 Å². The maximum Gasteiger partial charge on any atom is 1.00 e. The number of hydrogen-bond acceptors (Lipinski definition) is 4. The standard InChI is InChI=1S/C2H5O.Na.H4O7P2/c1-2-3;;1-8(2,3)7-9(4,5)6/h3H,1-2H2;;(H2,1,2,3)(H2,4,5,6)/q-1;+1;. The SMILES string of the molecule is O=P(O)(O)OP(=O)(O)O.[CH2-]CO.[Na+]. The number of hydrogen-bond donors (Lipinski definition) is 5. The Morgan fingerprint density at radius 3 is 1.23 bits per heavy atom. The van der Waals surface area contributed by atoms with Gasteiger partial charge in [-0.1, -0.05) is 6.61 Å². The minimum absolute atomic E-state index is 0. The molecule has 0 aliphatic carbocycles. The fourth-order valence-corrected chi connectivity index (χ4v) is 1.25. The Morgan fingerprint density at radius 1 is 1.08 bits per heavy atom. The van der Waals surface area contributed by atoms with Crippen LogP contribution in [0, 0.1) is 6.92 Å².